The smallest absolute Gasteiger partial charge is 0.198 e. The third-order valence-electron chi connectivity index (χ3n) is 1.13. The van der Waals surface area contributed by atoms with Crippen molar-refractivity contribution in [1.29, 1.82) is 0 Å². The summed E-state index contributed by atoms with van der Waals surface area (Å²) in [5.41, 5.74) is 0. The lowest BCUT2D eigenvalue weighted by molar-refractivity contribution is 0.413. The van der Waals surface area contributed by atoms with Gasteiger partial charge in [-0.3, -0.25) is 0 Å². The molecular weight excluding hydrogens is 179 g/mol. The average molecular weight is 182 g/mol. The van der Waals surface area contributed by atoms with Crippen molar-refractivity contribution in [2.45, 2.75) is 0 Å². The van der Waals surface area contributed by atoms with Crippen LogP contribution < -0.4 is 5.30 Å². The Morgan fingerprint density at radius 1 is 0.909 bits per heavy atom. The van der Waals surface area contributed by atoms with Crippen LogP contribution in [-0.2, 0) is 0 Å². The van der Waals surface area contributed by atoms with Gasteiger partial charge in [-0.2, -0.15) is 0 Å². The number of benzene rings is 1. The molecule has 1 aromatic rings. The van der Waals surface area contributed by atoms with Crippen LogP contribution in [0.3, 0.4) is 0 Å². The molecule has 5 heteroatoms. The van der Waals surface area contributed by atoms with E-state index in [-0.39, 0.29) is 5.30 Å². The summed E-state index contributed by atoms with van der Waals surface area (Å²) in [6, 6.07) is 0.568. The second-order valence-electron chi connectivity index (χ2n) is 1.89. The van der Waals surface area contributed by atoms with Crippen molar-refractivity contribution < 1.29 is 17.6 Å². The highest BCUT2D eigenvalue weighted by Gasteiger charge is 2.15. The highest BCUT2D eigenvalue weighted by Crippen LogP contribution is 2.13. The fraction of sp³-hybridized carbons (Fsp3) is 0. The van der Waals surface area contributed by atoms with Gasteiger partial charge < -0.3 is 0 Å². The van der Waals surface area contributed by atoms with Crippen molar-refractivity contribution in [3.63, 3.8) is 0 Å². The van der Waals surface area contributed by atoms with Gasteiger partial charge in [0.15, 0.2) is 23.3 Å². The number of rotatable bonds is 0. The van der Waals surface area contributed by atoms with Gasteiger partial charge in [0.25, 0.3) is 0 Å². The Balaban J connectivity index is 3.46. The molecule has 0 spiro atoms. The zero-order chi connectivity index (χ0) is 8.59. The summed E-state index contributed by atoms with van der Waals surface area (Å²) in [6.45, 7) is 0. The third-order valence-corrected chi connectivity index (χ3v) is 1.55. The molecule has 0 aliphatic heterocycles. The Morgan fingerprint density at radius 3 is 2.00 bits per heavy atom. The molecule has 0 saturated heterocycles. The molecule has 11 heavy (non-hydrogen) atoms. The van der Waals surface area contributed by atoms with Crippen molar-refractivity contribution in [3.8, 4) is 0 Å². The summed E-state index contributed by atoms with van der Waals surface area (Å²) in [4.78, 5) is 0. The fourth-order valence-corrected chi connectivity index (χ4v) is 0.864. The minimum absolute atomic E-state index is 0.332. The van der Waals surface area contributed by atoms with E-state index in [4.69, 9.17) is 0 Å². The molecule has 0 radical (unpaired) electrons. The molecule has 0 nitrogen and oxygen atoms in total. The fourth-order valence-electron chi connectivity index (χ4n) is 0.591. The summed E-state index contributed by atoms with van der Waals surface area (Å²) < 4.78 is 49.0. The summed E-state index contributed by atoms with van der Waals surface area (Å²) in [7, 11) is 1.76. The first-order valence-corrected chi connectivity index (χ1v) is 3.20. The van der Waals surface area contributed by atoms with Gasteiger partial charge in [0.1, 0.15) is 0 Å². The maximum absolute atomic E-state index is 12.4. The zero-order valence-electron chi connectivity index (χ0n) is 5.17. The molecule has 60 valence electrons. The van der Waals surface area contributed by atoms with Crippen molar-refractivity contribution in [2.24, 2.45) is 0 Å². The predicted octanol–water partition coefficient (Wildman–Crippen LogP) is 1.74. The van der Waals surface area contributed by atoms with Crippen molar-refractivity contribution in [2.75, 3.05) is 0 Å². The molecule has 0 aliphatic carbocycles. The highest BCUT2D eigenvalue weighted by atomic mass is 31.0. The molecule has 0 heterocycles. The van der Waals surface area contributed by atoms with Gasteiger partial charge in [-0.15, -0.1) is 9.24 Å². The second kappa shape index (κ2) is 2.78. The van der Waals surface area contributed by atoms with E-state index >= 15 is 0 Å². The monoisotopic (exact) mass is 182 g/mol. The number of halogens is 4. The highest BCUT2D eigenvalue weighted by molar-refractivity contribution is 7.27. The summed E-state index contributed by atoms with van der Waals surface area (Å²) in [5, 5.41) is -0.332. The molecule has 0 aliphatic rings. The molecule has 0 amide bonds. The first-order valence-electron chi connectivity index (χ1n) is 2.62. The van der Waals surface area contributed by atoms with Crippen LogP contribution in [0.4, 0.5) is 17.6 Å². The van der Waals surface area contributed by atoms with E-state index in [1.54, 1.807) is 9.24 Å². The Morgan fingerprint density at radius 2 is 1.45 bits per heavy atom. The van der Waals surface area contributed by atoms with Crippen LogP contribution >= 0.6 is 9.24 Å². The molecular formula is C6H3F4P. The quantitative estimate of drug-likeness (QED) is 0.248. The SMILES string of the molecule is Fc1cc(P)c(F)c(F)c1F. The maximum Gasteiger partial charge on any atom is 0.198 e. The second-order valence-corrected chi connectivity index (χ2v) is 2.51. The van der Waals surface area contributed by atoms with Crippen LogP contribution in [0.5, 0.6) is 0 Å². The number of hydrogen-bond donors (Lipinski definition) is 0. The predicted molar refractivity (Wildman–Crippen MR) is 35.6 cm³/mol. The van der Waals surface area contributed by atoms with E-state index in [0.717, 1.165) is 0 Å². The molecule has 1 aromatic carbocycles. The largest absolute Gasteiger partial charge is 0.204 e. The van der Waals surface area contributed by atoms with Gasteiger partial charge in [0.05, 0.1) is 0 Å². The molecule has 1 atom stereocenters. The van der Waals surface area contributed by atoms with Crippen LogP contribution in [0.2, 0.25) is 0 Å². The molecule has 1 unspecified atom stereocenters. The van der Waals surface area contributed by atoms with Crippen LogP contribution in [0.15, 0.2) is 6.07 Å². The minimum Gasteiger partial charge on any atom is -0.204 e. The average Bonchev–Trinajstić information content (AvgIpc) is 1.97. The lowest BCUT2D eigenvalue weighted by atomic mass is 10.3. The molecule has 0 aromatic heterocycles. The van der Waals surface area contributed by atoms with E-state index in [9.17, 15) is 17.6 Å². The van der Waals surface area contributed by atoms with Crippen LogP contribution in [0.25, 0.3) is 0 Å². The number of hydrogen-bond acceptors (Lipinski definition) is 0. The Kier molecular flexibility index (Phi) is 2.14. The third kappa shape index (κ3) is 1.36. The molecule has 0 saturated carbocycles. The molecule has 0 bridgehead atoms. The Labute approximate surface area is 62.4 Å². The Bertz CT molecular complexity index is 271. The van der Waals surface area contributed by atoms with Gasteiger partial charge in [-0.25, -0.2) is 17.6 Å². The van der Waals surface area contributed by atoms with Crippen molar-refractivity contribution >= 4 is 14.5 Å². The van der Waals surface area contributed by atoms with E-state index in [2.05, 4.69) is 0 Å². The van der Waals surface area contributed by atoms with Crippen molar-refractivity contribution in [1.82, 2.24) is 0 Å². The van der Waals surface area contributed by atoms with Crippen LogP contribution in [0.1, 0.15) is 0 Å². The van der Waals surface area contributed by atoms with Gasteiger partial charge >= 0.3 is 0 Å². The van der Waals surface area contributed by atoms with Gasteiger partial charge in [-0.05, 0) is 6.07 Å². The summed E-state index contributed by atoms with van der Waals surface area (Å²) in [5.74, 6) is -6.34. The Hall–Kier alpha value is -0.630. The van der Waals surface area contributed by atoms with E-state index < -0.39 is 23.3 Å². The zero-order valence-corrected chi connectivity index (χ0v) is 6.32. The maximum atomic E-state index is 12.4. The summed E-state index contributed by atoms with van der Waals surface area (Å²) >= 11 is 0. The lowest BCUT2D eigenvalue weighted by Crippen LogP contribution is -2.07. The first kappa shape index (κ1) is 8.47. The van der Waals surface area contributed by atoms with E-state index in [1.807, 2.05) is 0 Å². The summed E-state index contributed by atoms with van der Waals surface area (Å²) in [6.07, 6.45) is 0. The minimum atomic E-state index is -1.78. The standard InChI is InChI=1S/C6H3F4P/c7-2-1-3(11)5(9)6(10)4(2)8/h1H,11H2. The van der Waals surface area contributed by atoms with E-state index in [0.29, 0.717) is 6.07 Å². The molecule has 0 fully saturated rings. The normalized spacial score (nSPS) is 10.3. The van der Waals surface area contributed by atoms with Gasteiger partial charge in [-0.1, -0.05) is 0 Å². The lowest BCUT2D eigenvalue weighted by Gasteiger charge is -1.98. The van der Waals surface area contributed by atoms with Gasteiger partial charge in [0.2, 0.25) is 0 Å². The van der Waals surface area contributed by atoms with Crippen molar-refractivity contribution in [3.05, 3.63) is 29.3 Å². The van der Waals surface area contributed by atoms with Crippen LogP contribution in [-0.4, -0.2) is 0 Å². The first-order chi connectivity index (χ1) is 5.04. The molecule has 0 N–H and O–H groups in total. The molecule has 1 rings (SSSR count). The van der Waals surface area contributed by atoms with E-state index in [1.165, 1.54) is 0 Å². The van der Waals surface area contributed by atoms with Crippen LogP contribution in [0, 0.1) is 23.3 Å². The topological polar surface area (TPSA) is 0 Å². The van der Waals surface area contributed by atoms with Gasteiger partial charge in [0, 0.05) is 5.30 Å².